The predicted molar refractivity (Wildman–Crippen MR) is 105 cm³/mol. The third kappa shape index (κ3) is 3.76. The zero-order chi connectivity index (χ0) is 19.5. The number of pyridine rings is 1. The molecule has 0 saturated heterocycles. The third-order valence-electron chi connectivity index (χ3n) is 5.22. The number of rotatable bonds is 6. The second-order valence-electron chi connectivity index (χ2n) is 7.19. The summed E-state index contributed by atoms with van der Waals surface area (Å²) in [6, 6.07) is 11.0. The van der Waals surface area contributed by atoms with Gasteiger partial charge in [-0.15, -0.1) is 0 Å². The van der Waals surface area contributed by atoms with E-state index in [4.69, 9.17) is 4.74 Å². The number of hydrogen-bond donors (Lipinski definition) is 1. The highest BCUT2D eigenvalue weighted by Gasteiger charge is 2.31. The zero-order valence-corrected chi connectivity index (χ0v) is 15.7. The fourth-order valence-electron chi connectivity index (χ4n) is 3.66. The van der Waals surface area contributed by atoms with Crippen molar-refractivity contribution in [2.24, 2.45) is 0 Å². The van der Waals surface area contributed by atoms with Crippen molar-refractivity contribution in [2.45, 2.75) is 38.3 Å². The number of nitrogens with zero attached hydrogens (tertiary/aromatic N) is 2. The number of fused-ring (bicyclic) bond motifs is 1. The minimum absolute atomic E-state index is 0.0529. The molecule has 6 nitrogen and oxygen atoms in total. The molecule has 1 aromatic heterocycles. The van der Waals surface area contributed by atoms with E-state index in [1.807, 2.05) is 24.3 Å². The molecule has 4 rings (SSSR count). The molecule has 0 radical (unpaired) electrons. The van der Waals surface area contributed by atoms with Crippen LogP contribution in [0.2, 0.25) is 0 Å². The van der Waals surface area contributed by atoms with Crippen molar-refractivity contribution in [1.29, 1.82) is 0 Å². The molecule has 1 N–H and O–H groups in total. The molecule has 2 amide bonds. The molecule has 144 valence electrons. The Bertz CT molecular complexity index is 866. The average molecular weight is 377 g/mol. The topological polar surface area (TPSA) is 71.5 Å². The first-order valence-electron chi connectivity index (χ1n) is 9.60. The van der Waals surface area contributed by atoms with Crippen LogP contribution in [-0.2, 0) is 11.3 Å². The Kier molecular flexibility index (Phi) is 5.10. The molecule has 1 fully saturated rings. The van der Waals surface area contributed by atoms with Gasteiger partial charge in [0.05, 0.1) is 0 Å². The van der Waals surface area contributed by atoms with Crippen molar-refractivity contribution < 1.29 is 14.3 Å². The second kappa shape index (κ2) is 7.84. The smallest absolute Gasteiger partial charge is 0.259 e. The van der Waals surface area contributed by atoms with Gasteiger partial charge in [0, 0.05) is 35.6 Å². The summed E-state index contributed by atoms with van der Waals surface area (Å²) in [5.74, 6) is 0.193. The van der Waals surface area contributed by atoms with Gasteiger partial charge in [0.15, 0.2) is 0 Å². The number of nitrogens with one attached hydrogen (secondary N) is 1. The van der Waals surface area contributed by atoms with Crippen molar-refractivity contribution >= 4 is 17.5 Å². The van der Waals surface area contributed by atoms with Crippen LogP contribution in [0.4, 0.5) is 0 Å². The number of amides is 2. The molecule has 2 aliphatic rings. The van der Waals surface area contributed by atoms with Crippen LogP contribution in [-0.4, -0.2) is 34.3 Å². The highest BCUT2D eigenvalue weighted by molar-refractivity contribution is 6.10. The van der Waals surface area contributed by atoms with E-state index in [1.54, 1.807) is 18.3 Å². The van der Waals surface area contributed by atoms with E-state index in [1.165, 1.54) is 17.7 Å². The number of benzene rings is 1. The van der Waals surface area contributed by atoms with Crippen molar-refractivity contribution in [2.75, 3.05) is 6.54 Å². The lowest BCUT2D eigenvalue weighted by atomic mass is 10.1. The van der Waals surface area contributed by atoms with Crippen LogP contribution in [0.3, 0.4) is 0 Å². The summed E-state index contributed by atoms with van der Waals surface area (Å²) < 4.78 is 5.85. The van der Waals surface area contributed by atoms with Crippen LogP contribution in [0.5, 0.6) is 5.88 Å². The van der Waals surface area contributed by atoms with E-state index < -0.39 is 0 Å². The first kappa shape index (κ1) is 18.2. The van der Waals surface area contributed by atoms with Crippen LogP contribution < -0.4 is 10.1 Å². The summed E-state index contributed by atoms with van der Waals surface area (Å²) in [4.78, 5) is 30.5. The molecule has 1 aliphatic heterocycles. The zero-order valence-electron chi connectivity index (χ0n) is 15.7. The van der Waals surface area contributed by atoms with Gasteiger partial charge in [0.2, 0.25) is 11.8 Å². The van der Waals surface area contributed by atoms with Crippen LogP contribution in [0.15, 0.2) is 49.2 Å². The molecule has 0 unspecified atom stereocenters. The van der Waals surface area contributed by atoms with Crippen molar-refractivity contribution in [3.8, 4) is 5.88 Å². The van der Waals surface area contributed by atoms with Gasteiger partial charge in [0.25, 0.3) is 5.91 Å². The van der Waals surface area contributed by atoms with Crippen LogP contribution >= 0.6 is 0 Å². The van der Waals surface area contributed by atoms with Crippen LogP contribution in [0.25, 0.3) is 5.70 Å². The molecular formula is C22H23N3O3. The van der Waals surface area contributed by atoms with Gasteiger partial charge >= 0.3 is 0 Å². The van der Waals surface area contributed by atoms with Gasteiger partial charge in [-0.3, -0.25) is 14.5 Å². The molecule has 1 saturated carbocycles. The Morgan fingerprint density at radius 2 is 1.93 bits per heavy atom. The Balaban J connectivity index is 1.29. The summed E-state index contributed by atoms with van der Waals surface area (Å²) in [5, 5.41) is 2.83. The molecule has 6 heteroatoms. The minimum Gasteiger partial charge on any atom is -0.474 e. The molecule has 2 aromatic rings. The van der Waals surface area contributed by atoms with E-state index >= 15 is 0 Å². The number of carbonyl (C=O) groups is 2. The normalized spacial score (nSPS) is 16.4. The maximum Gasteiger partial charge on any atom is 0.259 e. The molecule has 1 aromatic carbocycles. The first-order chi connectivity index (χ1) is 13.6. The van der Waals surface area contributed by atoms with E-state index in [0.29, 0.717) is 23.7 Å². The number of ether oxygens (including phenoxy) is 1. The summed E-state index contributed by atoms with van der Waals surface area (Å²) in [5.41, 5.74) is 2.80. The standard InChI is InChI=1S/C22H23N3O3/c1-15-18-8-4-5-9-19(18)22(27)25(15)14-20(26)23-12-16-10-11-21(24-13-16)28-17-6-2-3-7-17/h4-5,8-11,13,17H,1-3,6-7,12,14H2,(H,23,26). The summed E-state index contributed by atoms with van der Waals surface area (Å²) in [6.45, 7) is 4.24. The molecule has 0 bridgehead atoms. The van der Waals surface area contributed by atoms with Gasteiger partial charge in [0.1, 0.15) is 12.6 Å². The van der Waals surface area contributed by atoms with Crippen molar-refractivity contribution in [1.82, 2.24) is 15.2 Å². The number of aromatic nitrogens is 1. The quantitative estimate of drug-likeness (QED) is 0.839. The van der Waals surface area contributed by atoms with Crippen molar-refractivity contribution in [3.63, 3.8) is 0 Å². The number of carbonyl (C=O) groups excluding carboxylic acids is 2. The lowest BCUT2D eigenvalue weighted by Gasteiger charge is -2.17. The second-order valence-corrected chi connectivity index (χ2v) is 7.19. The van der Waals surface area contributed by atoms with E-state index in [0.717, 1.165) is 24.0 Å². The van der Waals surface area contributed by atoms with E-state index in [-0.39, 0.29) is 24.5 Å². The van der Waals surface area contributed by atoms with Gasteiger partial charge in [-0.25, -0.2) is 4.98 Å². The largest absolute Gasteiger partial charge is 0.474 e. The highest BCUT2D eigenvalue weighted by Crippen LogP contribution is 2.30. The molecule has 2 heterocycles. The average Bonchev–Trinajstić information content (AvgIpc) is 3.31. The Labute approximate surface area is 164 Å². The van der Waals surface area contributed by atoms with Crippen LogP contribution in [0.1, 0.15) is 47.2 Å². The molecule has 1 aliphatic carbocycles. The van der Waals surface area contributed by atoms with Crippen molar-refractivity contribution in [3.05, 3.63) is 65.9 Å². The summed E-state index contributed by atoms with van der Waals surface area (Å²) >= 11 is 0. The molecule has 28 heavy (non-hydrogen) atoms. The Hall–Kier alpha value is -3.15. The Morgan fingerprint density at radius 1 is 1.18 bits per heavy atom. The lowest BCUT2D eigenvalue weighted by Crippen LogP contribution is -2.36. The van der Waals surface area contributed by atoms with Gasteiger partial charge in [-0.1, -0.05) is 30.8 Å². The van der Waals surface area contributed by atoms with Crippen LogP contribution in [0, 0.1) is 0 Å². The maximum atomic E-state index is 12.5. The fraction of sp³-hybridized carbons (Fsp3) is 0.318. The first-order valence-corrected chi connectivity index (χ1v) is 9.60. The van der Waals surface area contributed by atoms with Gasteiger partial charge in [-0.05, 0) is 37.3 Å². The highest BCUT2D eigenvalue weighted by atomic mass is 16.5. The summed E-state index contributed by atoms with van der Waals surface area (Å²) in [6.07, 6.45) is 6.58. The lowest BCUT2D eigenvalue weighted by molar-refractivity contribution is -0.121. The summed E-state index contributed by atoms with van der Waals surface area (Å²) in [7, 11) is 0. The predicted octanol–water partition coefficient (Wildman–Crippen LogP) is 3.15. The molecule has 0 spiro atoms. The van der Waals surface area contributed by atoms with Gasteiger partial charge in [-0.2, -0.15) is 0 Å². The minimum atomic E-state index is -0.242. The maximum absolute atomic E-state index is 12.5. The molecule has 0 atom stereocenters. The third-order valence-corrected chi connectivity index (χ3v) is 5.22. The number of hydrogen-bond acceptors (Lipinski definition) is 4. The monoisotopic (exact) mass is 377 g/mol. The van der Waals surface area contributed by atoms with Gasteiger partial charge < -0.3 is 10.1 Å². The Morgan fingerprint density at radius 3 is 2.61 bits per heavy atom. The fourth-order valence-corrected chi connectivity index (χ4v) is 3.66. The molecular weight excluding hydrogens is 354 g/mol. The SMILES string of the molecule is C=C1c2ccccc2C(=O)N1CC(=O)NCc1ccc(OC2CCCC2)nc1. The van der Waals surface area contributed by atoms with E-state index in [2.05, 4.69) is 16.9 Å². The van der Waals surface area contributed by atoms with E-state index in [9.17, 15) is 9.59 Å².